The van der Waals surface area contributed by atoms with Gasteiger partial charge >= 0.3 is 6.09 Å². The molecule has 1 saturated heterocycles. The zero-order valence-corrected chi connectivity index (χ0v) is 11.7. The van der Waals surface area contributed by atoms with Crippen molar-refractivity contribution in [3.63, 3.8) is 0 Å². The van der Waals surface area contributed by atoms with E-state index in [1.54, 1.807) is 4.90 Å². The van der Waals surface area contributed by atoms with E-state index >= 15 is 0 Å². The molecule has 0 bridgehead atoms. The molecule has 0 atom stereocenters. The third-order valence-corrected chi connectivity index (χ3v) is 3.59. The number of azide groups is 1. The second kappa shape index (κ2) is 6.97. The molecule has 0 aliphatic carbocycles. The molecule has 7 nitrogen and oxygen atoms in total. The number of rotatable bonds is 4. The lowest BCUT2D eigenvalue weighted by Crippen LogP contribution is -2.48. The predicted octanol–water partition coefficient (Wildman–Crippen LogP) is 2.46. The van der Waals surface area contributed by atoms with Crippen LogP contribution in [0.5, 0.6) is 0 Å². The average molecular weight is 290 g/mol. The van der Waals surface area contributed by atoms with Crippen molar-refractivity contribution in [1.82, 2.24) is 4.90 Å². The van der Waals surface area contributed by atoms with Gasteiger partial charge in [-0.25, -0.2) is 4.79 Å². The highest BCUT2D eigenvalue weighted by molar-refractivity contribution is 5.67. The maximum atomic E-state index is 11.9. The first-order valence-corrected chi connectivity index (χ1v) is 6.82. The number of hydrogen-bond donors (Lipinski definition) is 1. The van der Waals surface area contributed by atoms with Crippen molar-refractivity contribution in [2.24, 2.45) is 5.11 Å². The molecule has 0 aromatic heterocycles. The normalized spacial score (nSPS) is 16.9. The van der Waals surface area contributed by atoms with Gasteiger partial charge in [0.25, 0.3) is 0 Å². The van der Waals surface area contributed by atoms with Crippen LogP contribution in [0.25, 0.3) is 10.4 Å². The van der Waals surface area contributed by atoms with Gasteiger partial charge in [0.1, 0.15) is 6.61 Å². The number of amides is 1. The highest BCUT2D eigenvalue weighted by Gasteiger charge is 2.33. The van der Waals surface area contributed by atoms with Gasteiger partial charge in [0.15, 0.2) is 0 Å². The Hall–Kier alpha value is -2.24. The molecule has 1 heterocycles. The van der Waals surface area contributed by atoms with E-state index in [0.29, 0.717) is 25.9 Å². The molecule has 1 aromatic rings. The van der Waals surface area contributed by atoms with Gasteiger partial charge in [0.2, 0.25) is 0 Å². The van der Waals surface area contributed by atoms with Gasteiger partial charge in [-0.05, 0) is 23.9 Å². The fourth-order valence-electron chi connectivity index (χ4n) is 2.24. The number of piperidine rings is 1. The van der Waals surface area contributed by atoms with E-state index in [4.69, 9.17) is 10.3 Å². The Morgan fingerprint density at radius 1 is 1.38 bits per heavy atom. The van der Waals surface area contributed by atoms with Gasteiger partial charge in [-0.1, -0.05) is 35.4 Å². The van der Waals surface area contributed by atoms with Crippen molar-refractivity contribution in [2.75, 3.05) is 19.6 Å². The van der Waals surface area contributed by atoms with Crippen LogP contribution < -0.4 is 0 Å². The van der Waals surface area contributed by atoms with Crippen LogP contribution in [-0.4, -0.2) is 41.3 Å². The molecule has 1 aliphatic rings. The minimum absolute atomic E-state index is 0.0381. The van der Waals surface area contributed by atoms with Crippen LogP contribution in [0.1, 0.15) is 18.4 Å². The first kappa shape index (κ1) is 15.2. The summed E-state index contributed by atoms with van der Waals surface area (Å²) < 4.78 is 5.24. The standard InChI is InChI=1S/C14H18N4O3/c15-17-16-11-14(20)6-8-18(9-7-14)13(19)21-10-12-4-2-1-3-5-12/h1-5,20H,6-11H2. The van der Waals surface area contributed by atoms with Crippen molar-refractivity contribution in [3.05, 3.63) is 46.3 Å². The number of benzene rings is 1. The summed E-state index contributed by atoms with van der Waals surface area (Å²) in [5.74, 6) is 0. The van der Waals surface area contributed by atoms with Crippen LogP contribution in [-0.2, 0) is 11.3 Å². The van der Waals surface area contributed by atoms with Crippen LogP contribution in [0.15, 0.2) is 35.4 Å². The smallest absolute Gasteiger partial charge is 0.410 e. The summed E-state index contributed by atoms with van der Waals surface area (Å²) in [5.41, 5.74) is 8.21. The molecule has 1 aliphatic heterocycles. The monoisotopic (exact) mass is 290 g/mol. The van der Waals surface area contributed by atoms with Crippen LogP contribution in [0.4, 0.5) is 4.79 Å². The van der Waals surface area contributed by atoms with Gasteiger partial charge in [0, 0.05) is 18.0 Å². The predicted molar refractivity (Wildman–Crippen MR) is 76.4 cm³/mol. The molecule has 2 rings (SSSR count). The maximum absolute atomic E-state index is 11.9. The third-order valence-electron chi connectivity index (χ3n) is 3.59. The van der Waals surface area contributed by atoms with E-state index in [2.05, 4.69) is 10.0 Å². The molecular formula is C14H18N4O3. The highest BCUT2D eigenvalue weighted by Crippen LogP contribution is 2.23. The topological polar surface area (TPSA) is 98.5 Å². The van der Waals surface area contributed by atoms with Crippen LogP contribution in [0, 0.1) is 0 Å². The van der Waals surface area contributed by atoms with Crippen LogP contribution in [0.2, 0.25) is 0 Å². The van der Waals surface area contributed by atoms with Crippen LogP contribution in [0.3, 0.4) is 0 Å². The van der Waals surface area contributed by atoms with Gasteiger partial charge < -0.3 is 14.7 Å². The van der Waals surface area contributed by atoms with Gasteiger partial charge in [-0.15, -0.1) is 0 Å². The van der Waals surface area contributed by atoms with Gasteiger partial charge in [0.05, 0.1) is 12.1 Å². The first-order chi connectivity index (χ1) is 10.1. The van der Waals surface area contributed by atoms with E-state index in [0.717, 1.165) is 5.56 Å². The lowest BCUT2D eigenvalue weighted by molar-refractivity contribution is -0.0139. The molecule has 0 unspecified atom stereocenters. The maximum Gasteiger partial charge on any atom is 0.410 e. The summed E-state index contributed by atoms with van der Waals surface area (Å²) in [7, 11) is 0. The summed E-state index contributed by atoms with van der Waals surface area (Å²) in [4.78, 5) is 16.2. The Morgan fingerprint density at radius 3 is 2.67 bits per heavy atom. The molecular weight excluding hydrogens is 272 g/mol. The zero-order valence-electron chi connectivity index (χ0n) is 11.7. The Morgan fingerprint density at radius 2 is 2.05 bits per heavy atom. The largest absolute Gasteiger partial charge is 0.445 e. The number of carbonyl (C=O) groups is 1. The molecule has 0 spiro atoms. The minimum atomic E-state index is -1.01. The van der Waals surface area contributed by atoms with E-state index in [9.17, 15) is 9.90 Å². The Labute approximate surface area is 122 Å². The fraction of sp³-hybridized carbons (Fsp3) is 0.500. The minimum Gasteiger partial charge on any atom is -0.445 e. The SMILES string of the molecule is [N-]=[N+]=NCC1(O)CCN(C(=O)OCc2ccccc2)CC1. The molecule has 1 amide bonds. The Kier molecular flexibility index (Phi) is 5.03. The number of likely N-dealkylation sites (tertiary alicyclic amines) is 1. The van der Waals surface area contributed by atoms with Crippen molar-refractivity contribution >= 4 is 6.09 Å². The molecule has 0 saturated carbocycles. The number of aliphatic hydroxyl groups is 1. The Bertz CT molecular complexity index is 520. The number of carbonyl (C=O) groups excluding carboxylic acids is 1. The lowest BCUT2D eigenvalue weighted by Gasteiger charge is -2.36. The molecule has 21 heavy (non-hydrogen) atoms. The molecule has 7 heteroatoms. The molecule has 112 valence electrons. The second-order valence-corrected chi connectivity index (χ2v) is 5.14. The summed E-state index contributed by atoms with van der Waals surface area (Å²) in [6.45, 7) is 1.06. The Balaban J connectivity index is 1.79. The molecule has 1 aromatic carbocycles. The van der Waals surface area contributed by atoms with E-state index < -0.39 is 5.60 Å². The van der Waals surface area contributed by atoms with E-state index in [1.165, 1.54) is 0 Å². The van der Waals surface area contributed by atoms with Crippen LogP contribution >= 0.6 is 0 Å². The molecule has 1 fully saturated rings. The fourth-order valence-corrected chi connectivity index (χ4v) is 2.24. The lowest BCUT2D eigenvalue weighted by atomic mass is 9.92. The van der Waals surface area contributed by atoms with E-state index in [-0.39, 0.29) is 19.2 Å². The second-order valence-electron chi connectivity index (χ2n) is 5.14. The van der Waals surface area contributed by atoms with Crippen molar-refractivity contribution < 1.29 is 14.6 Å². The highest BCUT2D eigenvalue weighted by atomic mass is 16.6. The summed E-state index contributed by atoms with van der Waals surface area (Å²) in [6.07, 6.45) is 0.378. The van der Waals surface area contributed by atoms with Crippen molar-refractivity contribution in [1.29, 1.82) is 0 Å². The van der Waals surface area contributed by atoms with Gasteiger partial charge in [-0.2, -0.15) is 0 Å². The quantitative estimate of drug-likeness (QED) is 0.523. The summed E-state index contributed by atoms with van der Waals surface area (Å²) in [5, 5.41) is 13.6. The summed E-state index contributed by atoms with van der Waals surface area (Å²) in [6, 6.07) is 9.46. The van der Waals surface area contributed by atoms with Crippen molar-refractivity contribution in [2.45, 2.75) is 25.0 Å². The third kappa shape index (κ3) is 4.37. The number of ether oxygens (including phenoxy) is 1. The van der Waals surface area contributed by atoms with E-state index in [1.807, 2.05) is 30.3 Å². The molecule has 0 radical (unpaired) electrons. The number of nitrogens with zero attached hydrogens (tertiary/aromatic N) is 4. The summed E-state index contributed by atoms with van der Waals surface area (Å²) >= 11 is 0. The van der Waals surface area contributed by atoms with Gasteiger partial charge in [-0.3, -0.25) is 0 Å². The first-order valence-electron chi connectivity index (χ1n) is 6.82. The number of hydrogen-bond acceptors (Lipinski definition) is 4. The zero-order chi connectivity index (χ0) is 15.1. The van der Waals surface area contributed by atoms with Crippen molar-refractivity contribution in [3.8, 4) is 0 Å². The average Bonchev–Trinajstić information content (AvgIpc) is 2.52. The molecule has 1 N–H and O–H groups in total.